The Morgan fingerprint density at radius 2 is 1.70 bits per heavy atom. The van der Waals surface area contributed by atoms with Gasteiger partial charge in [-0.2, -0.15) is 0 Å². The average molecular weight is 333 g/mol. The second-order valence-electron chi connectivity index (χ2n) is 5.18. The normalized spacial score (nSPS) is 11.6. The Balaban J connectivity index is 2.08. The molecule has 6 nitrogen and oxygen atoms in total. The molecule has 0 aromatic heterocycles. The van der Waals surface area contributed by atoms with Crippen LogP contribution in [-0.2, 0) is 16.4 Å². The Kier molecular flexibility index (Phi) is 5.02. The highest BCUT2D eigenvalue weighted by molar-refractivity contribution is 7.89. The minimum Gasteiger partial charge on any atom is -0.508 e. The molecule has 0 aliphatic rings. The van der Waals surface area contributed by atoms with Gasteiger partial charge in [0.15, 0.2) is 0 Å². The molecule has 0 unspecified atom stereocenters. The van der Waals surface area contributed by atoms with Gasteiger partial charge in [-0.3, -0.25) is 5.41 Å². The van der Waals surface area contributed by atoms with Crippen LogP contribution >= 0.6 is 0 Å². The van der Waals surface area contributed by atoms with Gasteiger partial charge in [0.05, 0.1) is 4.90 Å². The third kappa shape index (κ3) is 4.08. The third-order valence-corrected chi connectivity index (χ3v) is 5.40. The minimum absolute atomic E-state index is 0.102. The first kappa shape index (κ1) is 17.0. The summed E-state index contributed by atoms with van der Waals surface area (Å²) in [7, 11) is -2.06. The fraction of sp³-hybridized carbons (Fsp3) is 0.188. The summed E-state index contributed by atoms with van der Waals surface area (Å²) in [6.07, 6.45) is 0.543. The van der Waals surface area contributed by atoms with E-state index in [1.54, 1.807) is 24.3 Å². The van der Waals surface area contributed by atoms with Crippen molar-refractivity contribution in [1.29, 1.82) is 5.41 Å². The zero-order valence-corrected chi connectivity index (χ0v) is 13.5. The molecule has 0 amide bonds. The standard InChI is InChI=1S/C16H19N3O3S/c1-19(11-10-12-2-6-14(20)7-3-12)23(21,22)15-8-4-13(5-9-15)16(17)18/h2-9,20H,10-11H2,1H3,(H3,17,18). The van der Waals surface area contributed by atoms with E-state index in [-0.39, 0.29) is 16.5 Å². The van der Waals surface area contributed by atoms with Gasteiger partial charge in [-0.1, -0.05) is 12.1 Å². The molecule has 2 rings (SSSR count). The van der Waals surface area contributed by atoms with Crippen LogP contribution in [0.2, 0.25) is 0 Å². The van der Waals surface area contributed by atoms with Gasteiger partial charge in [0.25, 0.3) is 0 Å². The lowest BCUT2D eigenvalue weighted by Crippen LogP contribution is -2.29. The van der Waals surface area contributed by atoms with Gasteiger partial charge in [-0.25, -0.2) is 12.7 Å². The Morgan fingerprint density at radius 1 is 1.13 bits per heavy atom. The molecule has 0 bridgehead atoms. The molecule has 0 aliphatic carbocycles. The Labute approximate surface area is 135 Å². The minimum atomic E-state index is -3.59. The van der Waals surface area contributed by atoms with Crippen LogP contribution in [0.1, 0.15) is 11.1 Å². The summed E-state index contributed by atoms with van der Waals surface area (Å²) in [6, 6.07) is 12.6. The molecular formula is C16H19N3O3S. The van der Waals surface area contributed by atoms with E-state index in [0.29, 0.717) is 18.5 Å². The number of benzene rings is 2. The summed E-state index contributed by atoms with van der Waals surface area (Å²) in [5, 5.41) is 16.6. The molecule has 0 atom stereocenters. The number of rotatable bonds is 6. The lowest BCUT2D eigenvalue weighted by Gasteiger charge is -2.17. The van der Waals surface area contributed by atoms with Crippen LogP contribution in [0, 0.1) is 5.41 Å². The first-order valence-corrected chi connectivity index (χ1v) is 8.43. The molecule has 4 N–H and O–H groups in total. The van der Waals surface area contributed by atoms with Crippen LogP contribution in [0.4, 0.5) is 0 Å². The van der Waals surface area contributed by atoms with Crippen LogP contribution in [0.5, 0.6) is 5.75 Å². The molecule has 7 heteroatoms. The molecule has 2 aromatic carbocycles. The van der Waals surface area contributed by atoms with Crippen LogP contribution in [0.25, 0.3) is 0 Å². The smallest absolute Gasteiger partial charge is 0.242 e. The molecule has 0 saturated heterocycles. The molecular weight excluding hydrogens is 314 g/mol. The highest BCUT2D eigenvalue weighted by atomic mass is 32.2. The number of amidine groups is 1. The van der Waals surface area contributed by atoms with E-state index >= 15 is 0 Å². The van der Waals surface area contributed by atoms with Crippen molar-refractivity contribution in [2.24, 2.45) is 5.73 Å². The number of nitrogens with two attached hydrogens (primary N) is 1. The molecule has 122 valence electrons. The summed E-state index contributed by atoms with van der Waals surface area (Å²) in [4.78, 5) is 0.163. The number of phenolic OH excluding ortho intramolecular Hbond substituents is 1. The van der Waals surface area contributed by atoms with Gasteiger partial charge in [-0.05, 0) is 48.4 Å². The Morgan fingerprint density at radius 3 is 2.22 bits per heavy atom. The van der Waals surface area contributed by atoms with Gasteiger partial charge in [-0.15, -0.1) is 0 Å². The largest absolute Gasteiger partial charge is 0.508 e. The predicted molar refractivity (Wildman–Crippen MR) is 89.1 cm³/mol. The van der Waals surface area contributed by atoms with E-state index in [0.717, 1.165) is 5.56 Å². The zero-order valence-electron chi connectivity index (χ0n) is 12.7. The highest BCUT2D eigenvalue weighted by Gasteiger charge is 2.20. The number of nitrogens with zero attached hydrogens (tertiary/aromatic N) is 1. The van der Waals surface area contributed by atoms with Crippen molar-refractivity contribution >= 4 is 15.9 Å². The lowest BCUT2D eigenvalue weighted by atomic mass is 10.1. The summed E-state index contributed by atoms with van der Waals surface area (Å²) < 4.78 is 26.3. The van der Waals surface area contributed by atoms with Crippen molar-refractivity contribution in [3.05, 3.63) is 59.7 Å². The van der Waals surface area contributed by atoms with Crippen molar-refractivity contribution in [2.45, 2.75) is 11.3 Å². The van der Waals surface area contributed by atoms with E-state index in [2.05, 4.69) is 0 Å². The number of hydrogen-bond donors (Lipinski definition) is 3. The summed E-state index contributed by atoms with van der Waals surface area (Å²) in [6.45, 7) is 0.321. The van der Waals surface area contributed by atoms with Crippen LogP contribution in [-0.4, -0.2) is 37.3 Å². The number of phenols is 1. The van der Waals surface area contributed by atoms with E-state index in [1.807, 2.05) is 0 Å². The molecule has 0 saturated carbocycles. The van der Waals surface area contributed by atoms with Gasteiger partial charge in [0, 0.05) is 19.2 Å². The fourth-order valence-electron chi connectivity index (χ4n) is 2.06. The van der Waals surface area contributed by atoms with E-state index in [4.69, 9.17) is 11.1 Å². The molecule has 0 fully saturated rings. The van der Waals surface area contributed by atoms with Crippen molar-refractivity contribution in [3.63, 3.8) is 0 Å². The quantitative estimate of drug-likeness (QED) is 0.550. The van der Waals surface area contributed by atoms with Gasteiger partial charge in [0.1, 0.15) is 11.6 Å². The topological polar surface area (TPSA) is 107 Å². The molecule has 0 heterocycles. The molecule has 0 spiro atoms. The number of hydrogen-bond acceptors (Lipinski definition) is 4. The summed E-state index contributed by atoms with van der Waals surface area (Å²) in [5.41, 5.74) is 6.78. The van der Waals surface area contributed by atoms with E-state index in [1.165, 1.54) is 35.6 Å². The number of nitrogens with one attached hydrogen (secondary N) is 1. The fourth-order valence-corrected chi connectivity index (χ4v) is 3.23. The second kappa shape index (κ2) is 6.80. The first-order chi connectivity index (χ1) is 10.8. The van der Waals surface area contributed by atoms with Crippen molar-refractivity contribution in [2.75, 3.05) is 13.6 Å². The summed E-state index contributed by atoms with van der Waals surface area (Å²) >= 11 is 0. The third-order valence-electron chi connectivity index (χ3n) is 3.53. The molecule has 2 aromatic rings. The van der Waals surface area contributed by atoms with Gasteiger partial charge in [0.2, 0.25) is 10.0 Å². The Bertz CT molecular complexity index is 784. The SMILES string of the molecule is CN(CCc1ccc(O)cc1)S(=O)(=O)c1ccc(C(=N)N)cc1. The number of sulfonamides is 1. The Hall–Kier alpha value is -2.38. The van der Waals surface area contributed by atoms with Crippen LogP contribution in [0.3, 0.4) is 0 Å². The van der Waals surface area contributed by atoms with Crippen molar-refractivity contribution in [3.8, 4) is 5.75 Å². The van der Waals surface area contributed by atoms with E-state index < -0.39 is 10.0 Å². The van der Waals surface area contributed by atoms with Crippen LogP contribution < -0.4 is 5.73 Å². The molecule has 0 radical (unpaired) electrons. The predicted octanol–water partition coefficient (Wildman–Crippen LogP) is 1.54. The van der Waals surface area contributed by atoms with Crippen LogP contribution in [0.15, 0.2) is 53.4 Å². The van der Waals surface area contributed by atoms with Crippen molar-refractivity contribution < 1.29 is 13.5 Å². The van der Waals surface area contributed by atoms with E-state index in [9.17, 15) is 13.5 Å². The number of nitrogen functional groups attached to an aromatic ring is 1. The molecule has 23 heavy (non-hydrogen) atoms. The average Bonchev–Trinajstić information content (AvgIpc) is 2.54. The summed E-state index contributed by atoms with van der Waals surface area (Å²) in [5.74, 6) is 0.0786. The van der Waals surface area contributed by atoms with Gasteiger partial charge >= 0.3 is 0 Å². The highest BCUT2D eigenvalue weighted by Crippen LogP contribution is 2.16. The second-order valence-corrected chi connectivity index (χ2v) is 7.23. The maximum atomic E-state index is 12.5. The zero-order chi connectivity index (χ0) is 17.0. The number of likely N-dealkylation sites (N-methyl/N-ethyl adjacent to an activating group) is 1. The number of aromatic hydroxyl groups is 1. The van der Waals surface area contributed by atoms with Gasteiger partial charge < -0.3 is 10.8 Å². The molecule has 0 aliphatic heterocycles. The maximum Gasteiger partial charge on any atom is 0.242 e. The maximum absolute atomic E-state index is 12.5. The van der Waals surface area contributed by atoms with Crippen molar-refractivity contribution in [1.82, 2.24) is 4.31 Å². The monoisotopic (exact) mass is 333 g/mol. The first-order valence-electron chi connectivity index (χ1n) is 6.99. The lowest BCUT2D eigenvalue weighted by molar-refractivity contribution is 0.469.